The van der Waals surface area contributed by atoms with Gasteiger partial charge in [0.1, 0.15) is 22.7 Å². The Hall–Kier alpha value is -3.03. The first-order chi connectivity index (χ1) is 13.5. The molecule has 1 amide bonds. The standard InChI is InChI=1S/C20H23FN6O/c1-4-16-22-17-13(2)24-25(3)18(17)19(23-16)26-8-10-27(11-9-26)20(28)14-6-5-7-15(21)12-14/h5-7,12H,4,8-11H2,1-3H3. The van der Waals surface area contributed by atoms with Crippen molar-refractivity contribution in [2.24, 2.45) is 7.05 Å². The summed E-state index contributed by atoms with van der Waals surface area (Å²) in [5.74, 6) is 1.11. The van der Waals surface area contributed by atoms with Gasteiger partial charge in [0.2, 0.25) is 0 Å². The molecular weight excluding hydrogens is 359 g/mol. The topological polar surface area (TPSA) is 67.2 Å². The van der Waals surface area contributed by atoms with Crippen LogP contribution in [0.25, 0.3) is 11.0 Å². The lowest BCUT2D eigenvalue weighted by atomic mass is 10.1. The highest BCUT2D eigenvalue weighted by Gasteiger charge is 2.26. The number of hydrogen-bond donors (Lipinski definition) is 0. The van der Waals surface area contributed by atoms with Crippen molar-refractivity contribution in [2.75, 3.05) is 31.1 Å². The van der Waals surface area contributed by atoms with Gasteiger partial charge in [-0.25, -0.2) is 14.4 Å². The predicted molar refractivity (Wildman–Crippen MR) is 105 cm³/mol. The summed E-state index contributed by atoms with van der Waals surface area (Å²) in [6, 6.07) is 5.84. The van der Waals surface area contributed by atoms with Gasteiger partial charge in [0.15, 0.2) is 5.82 Å². The van der Waals surface area contributed by atoms with Crippen LogP contribution in [0.2, 0.25) is 0 Å². The third kappa shape index (κ3) is 3.19. The molecule has 0 spiro atoms. The van der Waals surface area contributed by atoms with Crippen molar-refractivity contribution in [3.8, 4) is 0 Å². The molecule has 1 fully saturated rings. The minimum atomic E-state index is -0.397. The summed E-state index contributed by atoms with van der Waals surface area (Å²) in [4.78, 5) is 26.0. The molecule has 0 bridgehead atoms. The maximum absolute atomic E-state index is 13.4. The number of aryl methyl sites for hydroxylation is 3. The average Bonchev–Trinajstić information content (AvgIpc) is 3.00. The van der Waals surface area contributed by atoms with E-state index < -0.39 is 5.82 Å². The smallest absolute Gasteiger partial charge is 0.254 e. The van der Waals surface area contributed by atoms with E-state index in [0.717, 1.165) is 34.8 Å². The molecule has 4 rings (SSSR count). The van der Waals surface area contributed by atoms with E-state index in [0.29, 0.717) is 31.7 Å². The van der Waals surface area contributed by atoms with Gasteiger partial charge in [0.05, 0.1) is 5.69 Å². The average molecular weight is 382 g/mol. The number of rotatable bonds is 3. The number of piperazine rings is 1. The Balaban J connectivity index is 1.58. The first-order valence-corrected chi connectivity index (χ1v) is 9.48. The number of anilines is 1. The molecule has 0 N–H and O–H groups in total. The lowest BCUT2D eigenvalue weighted by Crippen LogP contribution is -2.49. The monoisotopic (exact) mass is 382 g/mol. The summed E-state index contributed by atoms with van der Waals surface area (Å²) in [6.07, 6.45) is 0.745. The number of benzene rings is 1. The van der Waals surface area contributed by atoms with Crippen LogP contribution in [0.1, 0.15) is 28.8 Å². The Labute approximate surface area is 162 Å². The molecule has 28 heavy (non-hydrogen) atoms. The molecule has 0 radical (unpaired) electrons. The van der Waals surface area contributed by atoms with Gasteiger partial charge in [0, 0.05) is 45.2 Å². The first-order valence-electron chi connectivity index (χ1n) is 9.48. The van der Waals surface area contributed by atoms with E-state index in [-0.39, 0.29) is 5.91 Å². The van der Waals surface area contributed by atoms with E-state index in [9.17, 15) is 9.18 Å². The summed E-state index contributed by atoms with van der Waals surface area (Å²) in [5.41, 5.74) is 3.06. The third-order valence-electron chi connectivity index (χ3n) is 5.13. The Morgan fingerprint density at radius 2 is 1.93 bits per heavy atom. The van der Waals surface area contributed by atoms with E-state index in [2.05, 4.69) is 15.0 Å². The molecule has 8 heteroatoms. The predicted octanol–water partition coefficient (Wildman–Crippen LogP) is 2.34. The second kappa shape index (κ2) is 7.18. The first kappa shape index (κ1) is 18.3. The molecule has 1 saturated heterocycles. The van der Waals surface area contributed by atoms with E-state index in [1.54, 1.807) is 17.0 Å². The zero-order valence-electron chi connectivity index (χ0n) is 16.3. The highest BCUT2D eigenvalue weighted by atomic mass is 19.1. The molecule has 7 nitrogen and oxygen atoms in total. The fourth-order valence-corrected chi connectivity index (χ4v) is 3.66. The highest BCUT2D eigenvalue weighted by molar-refractivity contribution is 5.94. The van der Waals surface area contributed by atoms with Gasteiger partial charge in [-0.15, -0.1) is 0 Å². The maximum atomic E-state index is 13.4. The third-order valence-corrected chi connectivity index (χ3v) is 5.13. The fraction of sp³-hybridized carbons (Fsp3) is 0.400. The molecule has 0 aliphatic carbocycles. The number of fused-ring (bicyclic) bond motifs is 1. The van der Waals surface area contributed by atoms with Gasteiger partial charge in [-0.2, -0.15) is 5.10 Å². The van der Waals surface area contributed by atoms with Crippen LogP contribution in [0, 0.1) is 12.7 Å². The number of aromatic nitrogens is 4. The number of carbonyl (C=O) groups is 1. The van der Waals surface area contributed by atoms with Gasteiger partial charge in [0.25, 0.3) is 5.91 Å². The zero-order valence-corrected chi connectivity index (χ0v) is 16.3. The Morgan fingerprint density at radius 1 is 1.18 bits per heavy atom. The van der Waals surface area contributed by atoms with E-state index in [1.807, 2.05) is 25.6 Å². The van der Waals surface area contributed by atoms with E-state index >= 15 is 0 Å². The summed E-state index contributed by atoms with van der Waals surface area (Å²) in [5, 5.41) is 4.50. The van der Waals surface area contributed by atoms with E-state index in [1.165, 1.54) is 12.1 Å². The molecule has 1 aliphatic rings. The van der Waals surface area contributed by atoms with E-state index in [4.69, 9.17) is 4.98 Å². The van der Waals surface area contributed by atoms with Crippen molar-refractivity contribution in [3.05, 3.63) is 47.2 Å². The molecule has 3 aromatic rings. The molecule has 3 heterocycles. The quantitative estimate of drug-likeness (QED) is 0.696. The van der Waals surface area contributed by atoms with Crippen LogP contribution in [-0.2, 0) is 13.5 Å². The van der Waals surface area contributed by atoms with Crippen LogP contribution in [-0.4, -0.2) is 56.7 Å². The Kier molecular flexibility index (Phi) is 4.70. The highest BCUT2D eigenvalue weighted by Crippen LogP contribution is 2.27. The second-order valence-electron chi connectivity index (χ2n) is 7.01. The normalized spacial score (nSPS) is 14.7. The van der Waals surface area contributed by atoms with Gasteiger partial charge in [-0.05, 0) is 25.1 Å². The Morgan fingerprint density at radius 3 is 2.61 bits per heavy atom. The SMILES string of the molecule is CCc1nc(N2CCN(C(=O)c3cccc(F)c3)CC2)c2c(n1)c(C)nn2C. The van der Waals surface area contributed by atoms with Crippen LogP contribution in [0.15, 0.2) is 24.3 Å². The summed E-state index contributed by atoms with van der Waals surface area (Å²) >= 11 is 0. The number of hydrogen-bond acceptors (Lipinski definition) is 5. The van der Waals surface area contributed by atoms with Crippen molar-refractivity contribution < 1.29 is 9.18 Å². The largest absolute Gasteiger partial charge is 0.351 e. The molecule has 146 valence electrons. The number of halogens is 1. The van der Waals surface area contributed by atoms with Crippen LogP contribution in [0.5, 0.6) is 0 Å². The Bertz CT molecular complexity index is 1040. The van der Waals surface area contributed by atoms with Crippen LogP contribution >= 0.6 is 0 Å². The fourth-order valence-electron chi connectivity index (χ4n) is 3.66. The van der Waals surface area contributed by atoms with Gasteiger partial charge in [-0.3, -0.25) is 9.48 Å². The second-order valence-corrected chi connectivity index (χ2v) is 7.01. The molecular formula is C20H23FN6O. The van der Waals surface area contributed by atoms with Crippen LogP contribution in [0.4, 0.5) is 10.2 Å². The molecule has 0 unspecified atom stereocenters. The van der Waals surface area contributed by atoms with Crippen molar-refractivity contribution in [1.82, 2.24) is 24.6 Å². The van der Waals surface area contributed by atoms with Crippen molar-refractivity contribution in [2.45, 2.75) is 20.3 Å². The van der Waals surface area contributed by atoms with Gasteiger partial charge < -0.3 is 9.80 Å². The van der Waals surface area contributed by atoms with Crippen molar-refractivity contribution in [3.63, 3.8) is 0 Å². The summed E-state index contributed by atoms with van der Waals surface area (Å²) < 4.78 is 15.3. The maximum Gasteiger partial charge on any atom is 0.254 e. The molecule has 1 aliphatic heterocycles. The number of nitrogens with zero attached hydrogens (tertiary/aromatic N) is 6. The van der Waals surface area contributed by atoms with Crippen molar-refractivity contribution in [1.29, 1.82) is 0 Å². The molecule has 1 aromatic carbocycles. The lowest BCUT2D eigenvalue weighted by molar-refractivity contribution is 0.0746. The van der Waals surface area contributed by atoms with Crippen molar-refractivity contribution >= 4 is 22.8 Å². The minimum Gasteiger partial charge on any atom is -0.351 e. The van der Waals surface area contributed by atoms with Gasteiger partial charge >= 0.3 is 0 Å². The number of amides is 1. The minimum absolute atomic E-state index is 0.141. The summed E-state index contributed by atoms with van der Waals surface area (Å²) in [6.45, 7) is 6.40. The number of carbonyl (C=O) groups excluding carboxylic acids is 1. The zero-order chi connectivity index (χ0) is 19.8. The van der Waals surface area contributed by atoms with Crippen LogP contribution < -0.4 is 4.90 Å². The lowest BCUT2D eigenvalue weighted by Gasteiger charge is -2.35. The summed E-state index contributed by atoms with van der Waals surface area (Å²) in [7, 11) is 1.90. The van der Waals surface area contributed by atoms with Gasteiger partial charge in [-0.1, -0.05) is 13.0 Å². The molecule has 0 saturated carbocycles. The molecule has 0 atom stereocenters. The van der Waals surface area contributed by atoms with Crippen LogP contribution in [0.3, 0.4) is 0 Å². The molecule has 2 aromatic heterocycles.